The number of carbonyl (C=O) groups excluding carboxylic acids is 1. The normalized spacial score (nSPS) is 10.5. The van der Waals surface area contributed by atoms with Gasteiger partial charge in [-0.25, -0.2) is 0 Å². The Morgan fingerprint density at radius 3 is 2.91 bits per heavy atom. The first-order valence-corrected chi connectivity index (χ1v) is 6.57. The van der Waals surface area contributed by atoms with Gasteiger partial charge in [0.05, 0.1) is 24.6 Å². The number of nitrogens with zero attached hydrogens (tertiary/aromatic N) is 3. The molecule has 3 aromatic rings. The van der Waals surface area contributed by atoms with Crippen molar-refractivity contribution in [2.75, 3.05) is 12.4 Å². The van der Waals surface area contributed by atoms with Crippen molar-refractivity contribution >= 4 is 11.6 Å². The quantitative estimate of drug-likeness (QED) is 0.799. The number of hydrogen-bond donors (Lipinski definition) is 1. The van der Waals surface area contributed by atoms with Crippen LogP contribution in [0.2, 0.25) is 0 Å². The highest BCUT2D eigenvalue weighted by molar-refractivity contribution is 6.03. The van der Waals surface area contributed by atoms with Gasteiger partial charge < -0.3 is 14.6 Å². The van der Waals surface area contributed by atoms with Crippen LogP contribution in [-0.2, 0) is 7.05 Å². The number of benzene rings is 1. The van der Waals surface area contributed by atoms with Gasteiger partial charge in [-0.1, -0.05) is 17.3 Å². The first-order valence-electron chi connectivity index (χ1n) is 6.57. The molecule has 0 atom stereocenters. The third kappa shape index (κ3) is 2.69. The fourth-order valence-corrected chi connectivity index (χ4v) is 2.04. The number of para-hydroxylation sites is 1. The summed E-state index contributed by atoms with van der Waals surface area (Å²) in [7, 11) is 3.34. The average molecular weight is 298 g/mol. The van der Waals surface area contributed by atoms with E-state index in [1.165, 1.54) is 0 Å². The molecule has 0 fully saturated rings. The SMILES string of the molecule is COc1ccccc1-c1cc(C(=O)Nc2cnn(C)c2)no1. The Kier molecular flexibility index (Phi) is 3.61. The van der Waals surface area contributed by atoms with Crippen LogP contribution in [-0.4, -0.2) is 28.0 Å². The van der Waals surface area contributed by atoms with E-state index in [4.69, 9.17) is 9.26 Å². The average Bonchev–Trinajstić information content (AvgIpc) is 3.16. The molecule has 0 saturated carbocycles. The lowest BCUT2D eigenvalue weighted by Crippen LogP contribution is -2.11. The van der Waals surface area contributed by atoms with Crippen LogP contribution in [0.3, 0.4) is 0 Å². The molecule has 112 valence electrons. The smallest absolute Gasteiger partial charge is 0.277 e. The summed E-state index contributed by atoms with van der Waals surface area (Å²) in [5.74, 6) is 0.754. The summed E-state index contributed by atoms with van der Waals surface area (Å²) in [6.45, 7) is 0. The van der Waals surface area contributed by atoms with Crippen molar-refractivity contribution in [2.24, 2.45) is 7.05 Å². The second kappa shape index (κ2) is 5.72. The molecule has 1 aromatic carbocycles. The maximum Gasteiger partial charge on any atom is 0.277 e. The lowest BCUT2D eigenvalue weighted by atomic mass is 10.1. The molecular formula is C15H14N4O3. The van der Waals surface area contributed by atoms with Crippen molar-refractivity contribution in [3.63, 3.8) is 0 Å². The van der Waals surface area contributed by atoms with Crippen LogP contribution in [0.4, 0.5) is 5.69 Å². The highest BCUT2D eigenvalue weighted by Crippen LogP contribution is 2.30. The summed E-state index contributed by atoms with van der Waals surface area (Å²) < 4.78 is 12.1. The summed E-state index contributed by atoms with van der Waals surface area (Å²) in [6.07, 6.45) is 3.25. The molecule has 0 aliphatic carbocycles. The summed E-state index contributed by atoms with van der Waals surface area (Å²) in [6, 6.07) is 8.93. The van der Waals surface area contributed by atoms with Crippen LogP contribution in [0.5, 0.6) is 5.75 Å². The molecule has 0 aliphatic heterocycles. The Morgan fingerprint density at radius 1 is 1.36 bits per heavy atom. The van der Waals surface area contributed by atoms with Crippen LogP contribution in [0.15, 0.2) is 47.2 Å². The first-order chi connectivity index (χ1) is 10.7. The van der Waals surface area contributed by atoms with Gasteiger partial charge in [-0.3, -0.25) is 9.48 Å². The van der Waals surface area contributed by atoms with Crippen molar-refractivity contribution in [2.45, 2.75) is 0 Å². The molecule has 0 radical (unpaired) electrons. The van der Waals surface area contributed by atoms with E-state index in [9.17, 15) is 4.79 Å². The predicted octanol–water partition coefficient (Wildman–Crippen LogP) is 2.34. The minimum absolute atomic E-state index is 0.185. The van der Waals surface area contributed by atoms with Crippen molar-refractivity contribution in [3.8, 4) is 17.1 Å². The Hall–Kier alpha value is -3.09. The Morgan fingerprint density at radius 2 is 2.18 bits per heavy atom. The molecule has 22 heavy (non-hydrogen) atoms. The van der Waals surface area contributed by atoms with E-state index in [2.05, 4.69) is 15.6 Å². The summed E-state index contributed by atoms with van der Waals surface area (Å²) in [5, 5.41) is 10.5. The summed E-state index contributed by atoms with van der Waals surface area (Å²) >= 11 is 0. The molecular weight excluding hydrogens is 284 g/mol. The van der Waals surface area contributed by atoms with Crippen molar-refractivity contribution in [3.05, 3.63) is 48.4 Å². The van der Waals surface area contributed by atoms with E-state index in [0.29, 0.717) is 17.2 Å². The van der Waals surface area contributed by atoms with Gasteiger partial charge in [0.25, 0.3) is 5.91 Å². The first kappa shape index (κ1) is 13.9. The molecule has 0 saturated heterocycles. The Balaban J connectivity index is 1.82. The van der Waals surface area contributed by atoms with Crippen molar-refractivity contribution in [1.29, 1.82) is 0 Å². The van der Waals surface area contributed by atoms with Crippen LogP contribution in [0, 0.1) is 0 Å². The van der Waals surface area contributed by atoms with Gasteiger partial charge in [0.15, 0.2) is 11.5 Å². The number of carbonyl (C=O) groups is 1. The van der Waals surface area contributed by atoms with Gasteiger partial charge >= 0.3 is 0 Å². The zero-order chi connectivity index (χ0) is 15.5. The molecule has 1 N–H and O–H groups in total. The van der Waals surface area contributed by atoms with Crippen LogP contribution in [0.25, 0.3) is 11.3 Å². The molecule has 2 heterocycles. The van der Waals surface area contributed by atoms with Gasteiger partial charge in [0, 0.05) is 19.3 Å². The van der Waals surface area contributed by atoms with E-state index in [1.54, 1.807) is 37.3 Å². The lowest BCUT2D eigenvalue weighted by Gasteiger charge is -2.03. The summed E-state index contributed by atoms with van der Waals surface area (Å²) in [5.41, 5.74) is 1.51. The minimum atomic E-state index is -0.363. The second-order valence-electron chi connectivity index (χ2n) is 4.63. The van der Waals surface area contributed by atoms with E-state index >= 15 is 0 Å². The molecule has 3 rings (SSSR count). The van der Waals surface area contributed by atoms with E-state index < -0.39 is 0 Å². The third-order valence-corrected chi connectivity index (χ3v) is 3.08. The minimum Gasteiger partial charge on any atom is -0.496 e. The molecule has 0 aliphatic rings. The van der Waals surface area contributed by atoms with Gasteiger partial charge in [-0.2, -0.15) is 5.10 Å². The number of aryl methyl sites for hydroxylation is 1. The standard InChI is InChI=1S/C15H14N4O3/c1-19-9-10(8-16-19)17-15(20)12-7-14(22-18-12)11-5-3-4-6-13(11)21-2/h3-9H,1-2H3,(H,17,20). The fourth-order valence-electron chi connectivity index (χ4n) is 2.04. The van der Waals surface area contributed by atoms with E-state index in [0.717, 1.165) is 5.56 Å². The van der Waals surface area contributed by atoms with Crippen LogP contribution >= 0.6 is 0 Å². The van der Waals surface area contributed by atoms with Crippen LogP contribution in [0.1, 0.15) is 10.5 Å². The molecule has 0 spiro atoms. The van der Waals surface area contributed by atoms with Gasteiger partial charge in [0.1, 0.15) is 5.75 Å². The maximum atomic E-state index is 12.1. The highest BCUT2D eigenvalue weighted by Gasteiger charge is 2.16. The number of amides is 1. The van der Waals surface area contributed by atoms with E-state index in [1.807, 2.05) is 24.3 Å². The largest absolute Gasteiger partial charge is 0.496 e. The van der Waals surface area contributed by atoms with Gasteiger partial charge in [0.2, 0.25) is 0 Å². The monoisotopic (exact) mass is 298 g/mol. The zero-order valence-corrected chi connectivity index (χ0v) is 12.1. The fraction of sp³-hybridized carbons (Fsp3) is 0.133. The molecule has 1 amide bonds. The number of aromatic nitrogens is 3. The number of anilines is 1. The number of methoxy groups -OCH3 is 1. The Bertz CT molecular complexity index is 806. The lowest BCUT2D eigenvalue weighted by molar-refractivity contribution is 0.101. The second-order valence-corrected chi connectivity index (χ2v) is 4.63. The van der Waals surface area contributed by atoms with E-state index in [-0.39, 0.29) is 11.6 Å². The van der Waals surface area contributed by atoms with Crippen LogP contribution < -0.4 is 10.1 Å². The molecule has 7 heteroatoms. The molecule has 7 nitrogen and oxygen atoms in total. The number of hydrogen-bond acceptors (Lipinski definition) is 5. The third-order valence-electron chi connectivity index (χ3n) is 3.08. The van der Waals surface area contributed by atoms with Crippen molar-refractivity contribution < 1.29 is 14.1 Å². The van der Waals surface area contributed by atoms with Crippen molar-refractivity contribution in [1.82, 2.24) is 14.9 Å². The maximum absolute atomic E-state index is 12.1. The number of ether oxygens (including phenoxy) is 1. The number of nitrogens with one attached hydrogen (secondary N) is 1. The molecule has 0 unspecified atom stereocenters. The van der Waals surface area contributed by atoms with Gasteiger partial charge in [-0.05, 0) is 12.1 Å². The predicted molar refractivity (Wildman–Crippen MR) is 79.7 cm³/mol. The topological polar surface area (TPSA) is 82.2 Å². The highest BCUT2D eigenvalue weighted by atomic mass is 16.5. The molecule has 2 aromatic heterocycles. The zero-order valence-electron chi connectivity index (χ0n) is 12.1. The number of rotatable bonds is 4. The Labute approximate surface area is 126 Å². The van der Waals surface area contributed by atoms with Gasteiger partial charge in [-0.15, -0.1) is 0 Å². The molecule has 0 bridgehead atoms. The summed E-state index contributed by atoms with van der Waals surface area (Å²) in [4.78, 5) is 12.1.